The van der Waals surface area contributed by atoms with Crippen LogP contribution in [0.25, 0.3) is 28.2 Å². The Bertz CT molecular complexity index is 1350. The summed E-state index contributed by atoms with van der Waals surface area (Å²) in [6, 6.07) is 8.71. The third-order valence-corrected chi connectivity index (χ3v) is 7.11. The van der Waals surface area contributed by atoms with Crippen molar-refractivity contribution in [3.8, 4) is 17.0 Å². The second-order valence-electron chi connectivity index (χ2n) is 8.27. The number of benzene rings is 2. The zero-order valence-electron chi connectivity index (χ0n) is 19.4. The quantitative estimate of drug-likeness (QED) is 0.536. The number of imide groups is 1. The van der Waals surface area contributed by atoms with Crippen LogP contribution in [0.2, 0.25) is 0 Å². The van der Waals surface area contributed by atoms with Gasteiger partial charge in [-0.1, -0.05) is 13.0 Å². The molecule has 5 rings (SSSR count). The Kier molecular flexibility index (Phi) is 6.40. The van der Waals surface area contributed by atoms with Crippen LogP contribution in [0, 0.1) is 5.82 Å². The van der Waals surface area contributed by atoms with Crippen LogP contribution >= 0.6 is 11.8 Å². The van der Waals surface area contributed by atoms with Gasteiger partial charge in [0, 0.05) is 48.8 Å². The minimum atomic E-state index is -0.455. The van der Waals surface area contributed by atoms with Crippen LogP contribution in [0.5, 0.6) is 5.75 Å². The van der Waals surface area contributed by atoms with Gasteiger partial charge in [-0.15, -0.1) is 0 Å². The standard InChI is InChI=1S/C25H24FN5O3S/c1-3-30-6-8-31(9-7-30)20-5-4-15(11-18(20)26)23-17-10-16(12-22-24(32)29-25(33)35-22)21(34-2)13-19(17)27-14-28-23/h4-5,10-14H,3,6-9H2,1-2H3,(H,29,32,33)/b22-12-. The molecule has 0 radical (unpaired) electrons. The van der Waals surface area contributed by atoms with Gasteiger partial charge < -0.3 is 14.5 Å². The molecule has 3 heterocycles. The van der Waals surface area contributed by atoms with E-state index in [4.69, 9.17) is 4.74 Å². The molecule has 3 aromatic rings. The van der Waals surface area contributed by atoms with Gasteiger partial charge >= 0.3 is 0 Å². The molecule has 180 valence electrons. The zero-order chi connectivity index (χ0) is 24.5. The predicted molar refractivity (Wildman–Crippen MR) is 135 cm³/mol. The maximum atomic E-state index is 15.2. The molecule has 2 aliphatic heterocycles. The summed E-state index contributed by atoms with van der Waals surface area (Å²) < 4.78 is 20.7. The number of nitrogens with one attached hydrogen (secondary N) is 1. The van der Waals surface area contributed by atoms with E-state index in [9.17, 15) is 9.59 Å². The average molecular weight is 494 g/mol. The van der Waals surface area contributed by atoms with Crippen LogP contribution in [0.1, 0.15) is 12.5 Å². The molecule has 1 N–H and O–H groups in total. The maximum absolute atomic E-state index is 15.2. The Hall–Kier alpha value is -3.50. The molecular formula is C25H24FN5O3S. The van der Waals surface area contributed by atoms with Gasteiger partial charge in [-0.2, -0.15) is 0 Å². The number of fused-ring (bicyclic) bond motifs is 1. The highest BCUT2D eigenvalue weighted by Gasteiger charge is 2.26. The molecule has 2 saturated heterocycles. The molecule has 0 aliphatic carbocycles. The van der Waals surface area contributed by atoms with E-state index in [0.29, 0.717) is 39.2 Å². The predicted octanol–water partition coefficient (Wildman–Crippen LogP) is 3.91. The van der Waals surface area contributed by atoms with Crippen molar-refractivity contribution in [2.75, 3.05) is 44.7 Å². The Balaban J connectivity index is 1.53. The second kappa shape index (κ2) is 9.63. The first-order valence-electron chi connectivity index (χ1n) is 11.3. The third kappa shape index (κ3) is 4.59. The Morgan fingerprint density at radius 1 is 1.14 bits per heavy atom. The van der Waals surface area contributed by atoms with Crippen molar-refractivity contribution in [3.05, 3.63) is 52.9 Å². The van der Waals surface area contributed by atoms with E-state index in [1.54, 1.807) is 24.3 Å². The number of hydrogen-bond acceptors (Lipinski definition) is 8. The number of methoxy groups -OCH3 is 1. The number of hydrogen-bond donors (Lipinski definition) is 1. The lowest BCUT2D eigenvalue weighted by Gasteiger charge is -2.35. The van der Waals surface area contributed by atoms with Crippen molar-refractivity contribution in [2.24, 2.45) is 0 Å². The Morgan fingerprint density at radius 2 is 1.94 bits per heavy atom. The SMILES string of the molecule is CCN1CCN(c2ccc(-c3ncnc4cc(OC)c(/C=C5\SC(=O)NC5=O)cc34)cc2F)CC1. The van der Waals surface area contributed by atoms with Crippen LogP contribution in [0.3, 0.4) is 0 Å². The van der Waals surface area contributed by atoms with Crippen molar-refractivity contribution in [3.63, 3.8) is 0 Å². The summed E-state index contributed by atoms with van der Waals surface area (Å²) in [4.78, 5) is 37.1. The number of piperazine rings is 1. The minimum absolute atomic E-state index is 0.268. The van der Waals surface area contributed by atoms with Crippen LogP contribution in [-0.4, -0.2) is 65.8 Å². The van der Waals surface area contributed by atoms with E-state index < -0.39 is 11.1 Å². The van der Waals surface area contributed by atoms with E-state index in [1.165, 1.54) is 19.5 Å². The van der Waals surface area contributed by atoms with E-state index >= 15 is 4.39 Å². The zero-order valence-corrected chi connectivity index (χ0v) is 20.2. The lowest BCUT2D eigenvalue weighted by Crippen LogP contribution is -2.46. The largest absolute Gasteiger partial charge is 0.496 e. The molecule has 2 aromatic carbocycles. The van der Waals surface area contributed by atoms with E-state index in [1.807, 2.05) is 6.07 Å². The number of thioether (sulfide) groups is 1. The minimum Gasteiger partial charge on any atom is -0.496 e. The van der Waals surface area contributed by atoms with Crippen LogP contribution in [-0.2, 0) is 4.79 Å². The lowest BCUT2D eigenvalue weighted by atomic mass is 10.0. The van der Waals surface area contributed by atoms with Gasteiger partial charge in [0.25, 0.3) is 11.1 Å². The summed E-state index contributed by atoms with van der Waals surface area (Å²) >= 11 is 0.830. The second-order valence-corrected chi connectivity index (χ2v) is 9.29. The van der Waals surface area contributed by atoms with Gasteiger partial charge in [0.05, 0.1) is 28.9 Å². The fraction of sp³-hybridized carbons (Fsp3) is 0.280. The fourth-order valence-electron chi connectivity index (χ4n) is 4.40. The van der Waals surface area contributed by atoms with Crippen molar-refractivity contribution in [1.29, 1.82) is 0 Å². The monoisotopic (exact) mass is 493 g/mol. The summed E-state index contributed by atoms with van der Waals surface area (Å²) in [5, 5.41) is 2.51. The highest BCUT2D eigenvalue weighted by atomic mass is 32.2. The number of carbonyl (C=O) groups excluding carboxylic acids is 2. The van der Waals surface area contributed by atoms with Crippen molar-refractivity contribution >= 4 is 45.6 Å². The number of likely N-dealkylation sites (N-methyl/N-ethyl adjacent to an activating group) is 1. The van der Waals surface area contributed by atoms with Crippen molar-refractivity contribution < 1.29 is 18.7 Å². The molecule has 2 fully saturated rings. The first-order chi connectivity index (χ1) is 17.0. The fourth-order valence-corrected chi connectivity index (χ4v) is 5.07. The number of nitrogens with zero attached hydrogens (tertiary/aromatic N) is 4. The number of aromatic nitrogens is 2. The van der Waals surface area contributed by atoms with Crippen LogP contribution in [0.15, 0.2) is 41.6 Å². The first kappa shape index (κ1) is 23.3. The van der Waals surface area contributed by atoms with Crippen molar-refractivity contribution in [2.45, 2.75) is 6.92 Å². The first-order valence-corrected chi connectivity index (χ1v) is 12.1. The maximum Gasteiger partial charge on any atom is 0.290 e. The number of amides is 2. The van der Waals surface area contributed by atoms with E-state index in [0.717, 1.165) is 44.5 Å². The molecule has 2 aliphatic rings. The number of anilines is 1. The van der Waals surface area contributed by atoms with Gasteiger partial charge in [0.1, 0.15) is 17.9 Å². The van der Waals surface area contributed by atoms with E-state index in [2.05, 4.69) is 32.0 Å². The highest BCUT2D eigenvalue weighted by molar-refractivity contribution is 8.18. The smallest absolute Gasteiger partial charge is 0.290 e. The van der Waals surface area contributed by atoms with Gasteiger partial charge in [0.15, 0.2) is 0 Å². The normalized spacial score (nSPS) is 17.9. The summed E-state index contributed by atoms with van der Waals surface area (Å²) in [6.07, 6.45) is 3.03. The number of ether oxygens (including phenoxy) is 1. The molecular weight excluding hydrogens is 469 g/mol. The molecule has 0 unspecified atom stereocenters. The number of halogens is 1. The topological polar surface area (TPSA) is 87.7 Å². The molecule has 8 nitrogen and oxygen atoms in total. The molecule has 0 saturated carbocycles. The molecule has 1 aromatic heterocycles. The molecule has 10 heteroatoms. The molecule has 2 amide bonds. The molecule has 35 heavy (non-hydrogen) atoms. The Morgan fingerprint density at radius 3 is 2.60 bits per heavy atom. The molecule has 0 atom stereocenters. The highest BCUT2D eigenvalue weighted by Crippen LogP contribution is 2.35. The summed E-state index contributed by atoms with van der Waals surface area (Å²) in [7, 11) is 1.52. The van der Waals surface area contributed by atoms with Gasteiger partial charge in [-0.25, -0.2) is 14.4 Å². The summed E-state index contributed by atoms with van der Waals surface area (Å²) in [5.41, 5.74) is 2.99. The van der Waals surface area contributed by atoms with Crippen molar-refractivity contribution in [1.82, 2.24) is 20.2 Å². The third-order valence-electron chi connectivity index (χ3n) is 6.30. The molecule has 0 spiro atoms. The van der Waals surface area contributed by atoms with Gasteiger partial charge in [0.2, 0.25) is 0 Å². The summed E-state index contributed by atoms with van der Waals surface area (Å²) in [5.74, 6) is -0.258. The molecule has 0 bridgehead atoms. The number of rotatable bonds is 5. The number of carbonyl (C=O) groups is 2. The van der Waals surface area contributed by atoms with Gasteiger partial charge in [-0.05, 0) is 42.6 Å². The van der Waals surface area contributed by atoms with Gasteiger partial charge in [-0.3, -0.25) is 14.9 Å². The van der Waals surface area contributed by atoms with E-state index in [-0.39, 0.29) is 10.7 Å². The van der Waals surface area contributed by atoms with Crippen LogP contribution < -0.4 is 15.0 Å². The summed E-state index contributed by atoms with van der Waals surface area (Å²) in [6.45, 7) is 6.53. The van der Waals surface area contributed by atoms with Crippen LogP contribution in [0.4, 0.5) is 14.9 Å². The lowest BCUT2D eigenvalue weighted by molar-refractivity contribution is -0.115. The Labute approximate surface area is 206 Å². The average Bonchev–Trinajstić information content (AvgIpc) is 3.19.